The SMILES string of the molecule is O=C(COc1ccc(F)c(Cl)c1)Nc1ccc(Oc2ccccc2)cc1. The van der Waals surface area contributed by atoms with Crippen LogP contribution in [-0.4, -0.2) is 12.5 Å². The molecule has 0 fully saturated rings. The van der Waals surface area contributed by atoms with Crippen LogP contribution in [0.25, 0.3) is 0 Å². The maximum atomic E-state index is 13.1. The van der Waals surface area contributed by atoms with Crippen molar-refractivity contribution in [3.8, 4) is 17.2 Å². The summed E-state index contributed by atoms with van der Waals surface area (Å²) in [7, 11) is 0. The van der Waals surface area contributed by atoms with E-state index in [2.05, 4.69) is 5.32 Å². The number of nitrogens with one attached hydrogen (secondary N) is 1. The van der Waals surface area contributed by atoms with Crippen molar-refractivity contribution in [3.63, 3.8) is 0 Å². The Morgan fingerprint density at radius 1 is 0.923 bits per heavy atom. The van der Waals surface area contributed by atoms with E-state index in [1.54, 1.807) is 24.3 Å². The van der Waals surface area contributed by atoms with Gasteiger partial charge in [0.25, 0.3) is 5.91 Å². The standard InChI is InChI=1S/C20H15ClFNO3/c21-18-12-17(10-11-19(18)22)25-13-20(24)23-14-6-8-16(9-7-14)26-15-4-2-1-3-5-15/h1-12H,13H2,(H,23,24). The van der Waals surface area contributed by atoms with E-state index >= 15 is 0 Å². The van der Waals surface area contributed by atoms with Crippen molar-refractivity contribution >= 4 is 23.2 Å². The van der Waals surface area contributed by atoms with Gasteiger partial charge < -0.3 is 14.8 Å². The van der Waals surface area contributed by atoms with Gasteiger partial charge in [-0.05, 0) is 48.5 Å². The van der Waals surface area contributed by atoms with E-state index in [0.717, 1.165) is 5.75 Å². The first kappa shape index (κ1) is 17.8. The number of carbonyl (C=O) groups is 1. The highest BCUT2D eigenvalue weighted by Gasteiger charge is 2.06. The molecule has 0 radical (unpaired) electrons. The summed E-state index contributed by atoms with van der Waals surface area (Å²) in [5.41, 5.74) is 0.608. The summed E-state index contributed by atoms with van der Waals surface area (Å²) in [6.45, 7) is -0.218. The first-order valence-corrected chi connectivity index (χ1v) is 8.18. The Kier molecular flexibility index (Phi) is 5.71. The summed E-state index contributed by atoms with van der Waals surface area (Å²) in [6.07, 6.45) is 0. The van der Waals surface area contributed by atoms with Gasteiger partial charge in [-0.2, -0.15) is 0 Å². The number of anilines is 1. The van der Waals surface area contributed by atoms with E-state index in [1.807, 2.05) is 30.3 Å². The largest absolute Gasteiger partial charge is 0.484 e. The third-order valence-corrected chi connectivity index (χ3v) is 3.67. The van der Waals surface area contributed by atoms with Crippen molar-refractivity contribution < 1.29 is 18.7 Å². The van der Waals surface area contributed by atoms with Crippen molar-refractivity contribution in [1.82, 2.24) is 0 Å². The van der Waals surface area contributed by atoms with Crippen LogP contribution >= 0.6 is 11.6 Å². The van der Waals surface area contributed by atoms with Crippen LogP contribution in [0.4, 0.5) is 10.1 Å². The fraction of sp³-hybridized carbons (Fsp3) is 0.0500. The molecule has 132 valence electrons. The second-order valence-electron chi connectivity index (χ2n) is 5.35. The number of para-hydroxylation sites is 1. The quantitative estimate of drug-likeness (QED) is 0.640. The molecule has 26 heavy (non-hydrogen) atoms. The van der Waals surface area contributed by atoms with E-state index < -0.39 is 5.82 Å². The van der Waals surface area contributed by atoms with Gasteiger partial charge in [-0.25, -0.2) is 4.39 Å². The highest BCUT2D eigenvalue weighted by atomic mass is 35.5. The van der Waals surface area contributed by atoms with E-state index in [1.165, 1.54) is 18.2 Å². The molecule has 0 saturated carbocycles. The van der Waals surface area contributed by atoms with Gasteiger partial charge in [0, 0.05) is 11.8 Å². The molecule has 0 spiro atoms. The minimum Gasteiger partial charge on any atom is -0.484 e. The number of amides is 1. The third-order valence-electron chi connectivity index (χ3n) is 3.38. The van der Waals surface area contributed by atoms with E-state index in [9.17, 15) is 9.18 Å². The molecule has 3 aromatic rings. The smallest absolute Gasteiger partial charge is 0.262 e. The molecular formula is C20H15ClFNO3. The molecule has 3 aromatic carbocycles. The lowest BCUT2D eigenvalue weighted by molar-refractivity contribution is -0.118. The van der Waals surface area contributed by atoms with E-state index in [0.29, 0.717) is 17.2 Å². The molecule has 0 atom stereocenters. The van der Waals surface area contributed by atoms with Gasteiger partial charge in [-0.15, -0.1) is 0 Å². The van der Waals surface area contributed by atoms with Crippen LogP contribution in [-0.2, 0) is 4.79 Å². The zero-order valence-corrected chi connectivity index (χ0v) is 14.4. The Hall–Kier alpha value is -3.05. The minimum atomic E-state index is -0.540. The molecule has 1 N–H and O–H groups in total. The molecule has 0 aliphatic rings. The molecule has 4 nitrogen and oxygen atoms in total. The zero-order valence-electron chi connectivity index (χ0n) is 13.6. The molecular weight excluding hydrogens is 357 g/mol. The monoisotopic (exact) mass is 371 g/mol. The molecule has 6 heteroatoms. The van der Waals surface area contributed by atoms with Gasteiger partial charge in [0.05, 0.1) is 5.02 Å². The summed E-state index contributed by atoms with van der Waals surface area (Å²) < 4.78 is 24.1. The zero-order chi connectivity index (χ0) is 18.4. The second kappa shape index (κ2) is 8.36. The molecule has 0 aromatic heterocycles. The summed E-state index contributed by atoms with van der Waals surface area (Å²) >= 11 is 5.66. The van der Waals surface area contributed by atoms with Crippen molar-refractivity contribution in [2.45, 2.75) is 0 Å². The first-order valence-electron chi connectivity index (χ1n) is 7.81. The van der Waals surface area contributed by atoms with E-state index in [4.69, 9.17) is 21.1 Å². The Balaban J connectivity index is 1.51. The van der Waals surface area contributed by atoms with Crippen molar-refractivity contribution in [1.29, 1.82) is 0 Å². The lowest BCUT2D eigenvalue weighted by atomic mass is 10.3. The van der Waals surface area contributed by atoms with E-state index in [-0.39, 0.29) is 17.5 Å². The molecule has 0 saturated heterocycles. The average molecular weight is 372 g/mol. The summed E-state index contributed by atoms with van der Waals surface area (Å²) in [6, 6.07) is 20.3. The number of halogens is 2. The van der Waals surface area contributed by atoms with Crippen molar-refractivity contribution in [2.24, 2.45) is 0 Å². The molecule has 3 rings (SSSR count). The lowest BCUT2D eigenvalue weighted by Crippen LogP contribution is -2.20. The van der Waals surface area contributed by atoms with Gasteiger partial charge in [0.15, 0.2) is 6.61 Å². The first-order chi connectivity index (χ1) is 12.6. The van der Waals surface area contributed by atoms with Crippen LogP contribution in [0, 0.1) is 5.82 Å². The predicted molar refractivity (Wildman–Crippen MR) is 98.5 cm³/mol. The molecule has 0 aliphatic heterocycles. The normalized spacial score (nSPS) is 10.2. The topological polar surface area (TPSA) is 47.6 Å². The number of rotatable bonds is 6. The number of hydrogen-bond acceptors (Lipinski definition) is 3. The van der Waals surface area contributed by atoms with Crippen LogP contribution in [0.3, 0.4) is 0 Å². The fourth-order valence-corrected chi connectivity index (χ4v) is 2.31. The van der Waals surface area contributed by atoms with Gasteiger partial charge in [0.2, 0.25) is 0 Å². The molecule has 0 heterocycles. The minimum absolute atomic E-state index is 0.0584. The number of benzene rings is 3. The maximum Gasteiger partial charge on any atom is 0.262 e. The van der Waals surface area contributed by atoms with Gasteiger partial charge in [-0.3, -0.25) is 4.79 Å². The predicted octanol–water partition coefficient (Wildman–Crippen LogP) is 5.29. The maximum absolute atomic E-state index is 13.1. The molecule has 0 aliphatic carbocycles. The third kappa shape index (κ3) is 4.97. The van der Waals surface area contributed by atoms with Crippen LogP contribution in [0.5, 0.6) is 17.2 Å². The average Bonchev–Trinajstić information content (AvgIpc) is 2.65. The van der Waals surface area contributed by atoms with Crippen LogP contribution in [0.1, 0.15) is 0 Å². The Bertz CT molecular complexity index is 885. The Morgan fingerprint density at radius 3 is 2.27 bits per heavy atom. The Labute approximate surface area is 155 Å². The summed E-state index contributed by atoms with van der Waals surface area (Å²) in [5.74, 6) is 0.823. The van der Waals surface area contributed by atoms with Gasteiger partial charge >= 0.3 is 0 Å². The van der Waals surface area contributed by atoms with Crippen LogP contribution in [0.15, 0.2) is 72.8 Å². The molecule has 0 bridgehead atoms. The highest BCUT2D eigenvalue weighted by molar-refractivity contribution is 6.30. The lowest BCUT2D eigenvalue weighted by Gasteiger charge is -2.09. The number of carbonyl (C=O) groups excluding carboxylic acids is 1. The Morgan fingerprint density at radius 2 is 1.58 bits per heavy atom. The van der Waals surface area contributed by atoms with Crippen molar-refractivity contribution in [3.05, 3.63) is 83.6 Å². The van der Waals surface area contributed by atoms with Crippen LogP contribution in [0.2, 0.25) is 5.02 Å². The molecule has 0 unspecified atom stereocenters. The second-order valence-corrected chi connectivity index (χ2v) is 5.76. The van der Waals surface area contributed by atoms with Crippen LogP contribution < -0.4 is 14.8 Å². The van der Waals surface area contributed by atoms with Gasteiger partial charge in [-0.1, -0.05) is 29.8 Å². The van der Waals surface area contributed by atoms with Crippen molar-refractivity contribution in [2.75, 3.05) is 11.9 Å². The highest BCUT2D eigenvalue weighted by Crippen LogP contribution is 2.23. The summed E-state index contributed by atoms with van der Waals surface area (Å²) in [4.78, 5) is 11.9. The number of hydrogen-bond donors (Lipinski definition) is 1. The summed E-state index contributed by atoms with van der Waals surface area (Å²) in [5, 5.41) is 2.64. The van der Waals surface area contributed by atoms with Gasteiger partial charge in [0.1, 0.15) is 23.1 Å². The molecule has 1 amide bonds. The fourth-order valence-electron chi connectivity index (χ4n) is 2.14. The number of ether oxygens (including phenoxy) is 2.